The molecule has 5 heteroatoms. The Bertz CT molecular complexity index is 335. The summed E-state index contributed by atoms with van der Waals surface area (Å²) >= 11 is 1.86. The van der Waals surface area contributed by atoms with Crippen LogP contribution in [-0.2, 0) is 13.5 Å². The van der Waals surface area contributed by atoms with E-state index in [1.807, 2.05) is 23.5 Å². The van der Waals surface area contributed by atoms with Crippen molar-refractivity contribution in [2.75, 3.05) is 37.0 Å². The predicted octanol–water partition coefficient (Wildman–Crippen LogP) is 1.03. The van der Waals surface area contributed by atoms with E-state index in [4.69, 9.17) is 5.73 Å². The zero-order chi connectivity index (χ0) is 12.1. The number of hydrogen-bond donors (Lipinski definition) is 1. The SMILES string of the molecule is CSCCN(C)c1c(CCN)c(C)nn1C. The monoisotopic (exact) mass is 242 g/mol. The van der Waals surface area contributed by atoms with E-state index >= 15 is 0 Å². The van der Waals surface area contributed by atoms with Crippen molar-refractivity contribution >= 4 is 17.6 Å². The van der Waals surface area contributed by atoms with Crippen LogP contribution in [0.1, 0.15) is 11.3 Å². The van der Waals surface area contributed by atoms with E-state index < -0.39 is 0 Å². The van der Waals surface area contributed by atoms with Gasteiger partial charge in [0.15, 0.2) is 0 Å². The molecule has 0 radical (unpaired) electrons. The molecule has 16 heavy (non-hydrogen) atoms. The highest BCUT2D eigenvalue weighted by molar-refractivity contribution is 7.98. The van der Waals surface area contributed by atoms with Gasteiger partial charge in [0.1, 0.15) is 5.82 Å². The zero-order valence-corrected chi connectivity index (χ0v) is 11.5. The molecule has 92 valence electrons. The summed E-state index contributed by atoms with van der Waals surface area (Å²) in [5, 5.41) is 4.47. The van der Waals surface area contributed by atoms with E-state index in [1.165, 1.54) is 11.4 Å². The molecule has 0 amide bonds. The van der Waals surface area contributed by atoms with Gasteiger partial charge in [-0.2, -0.15) is 16.9 Å². The standard InChI is InChI=1S/C11H22N4S/c1-9-10(5-6-12)11(15(3)13-9)14(2)7-8-16-4/h5-8,12H2,1-4H3. The number of nitrogens with zero attached hydrogens (tertiary/aromatic N) is 3. The quantitative estimate of drug-likeness (QED) is 0.809. The molecule has 0 bridgehead atoms. The second-order valence-corrected chi connectivity index (χ2v) is 4.95. The van der Waals surface area contributed by atoms with E-state index in [1.54, 1.807) is 0 Å². The summed E-state index contributed by atoms with van der Waals surface area (Å²) in [6.45, 7) is 3.77. The second kappa shape index (κ2) is 6.15. The highest BCUT2D eigenvalue weighted by Crippen LogP contribution is 2.22. The van der Waals surface area contributed by atoms with Crippen LogP contribution < -0.4 is 10.6 Å². The predicted molar refractivity (Wildman–Crippen MR) is 72.4 cm³/mol. The molecule has 0 atom stereocenters. The summed E-state index contributed by atoms with van der Waals surface area (Å²) < 4.78 is 1.96. The Morgan fingerprint density at radius 2 is 2.19 bits per heavy atom. The summed E-state index contributed by atoms with van der Waals surface area (Å²) in [6.07, 6.45) is 3.03. The summed E-state index contributed by atoms with van der Waals surface area (Å²) in [5.74, 6) is 2.33. The van der Waals surface area contributed by atoms with Crippen LogP contribution in [0.4, 0.5) is 5.82 Å². The van der Waals surface area contributed by atoms with E-state index in [0.29, 0.717) is 6.54 Å². The third-order valence-electron chi connectivity index (χ3n) is 2.70. The van der Waals surface area contributed by atoms with Gasteiger partial charge < -0.3 is 10.6 Å². The smallest absolute Gasteiger partial charge is 0.129 e. The lowest BCUT2D eigenvalue weighted by Gasteiger charge is -2.20. The van der Waals surface area contributed by atoms with Crippen molar-refractivity contribution in [3.63, 3.8) is 0 Å². The Balaban J connectivity index is 2.91. The van der Waals surface area contributed by atoms with Crippen LogP contribution in [0.2, 0.25) is 0 Å². The maximum atomic E-state index is 5.65. The number of nitrogens with two attached hydrogens (primary N) is 1. The van der Waals surface area contributed by atoms with Crippen molar-refractivity contribution in [3.8, 4) is 0 Å². The van der Waals surface area contributed by atoms with Crippen molar-refractivity contribution in [1.82, 2.24) is 9.78 Å². The highest BCUT2D eigenvalue weighted by atomic mass is 32.2. The first-order valence-electron chi connectivity index (χ1n) is 5.54. The van der Waals surface area contributed by atoms with Gasteiger partial charge in [-0.05, 0) is 26.1 Å². The summed E-state index contributed by atoms with van der Waals surface area (Å²) in [6, 6.07) is 0. The maximum absolute atomic E-state index is 5.65. The van der Waals surface area contributed by atoms with E-state index in [2.05, 4.69) is 30.2 Å². The third kappa shape index (κ3) is 2.92. The van der Waals surface area contributed by atoms with Crippen LogP contribution in [0.25, 0.3) is 0 Å². The van der Waals surface area contributed by atoms with Crippen LogP contribution in [0.15, 0.2) is 0 Å². The minimum atomic E-state index is 0.676. The molecule has 0 aliphatic rings. The Labute approximate surface area is 102 Å². The van der Waals surface area contributed by atoms with E-state index in [0.717, 1.165) is 24.4 Å². The number of anilines is 1. The lowest BCUT2D eigenvalue weighted by molar-refractivity contribution is 0.733. The first-order chi connectivity index (χ1) is 7.61. The Hall–Kier alpha value is -0.680. The summed E-state index contributed by atoms with van der Waals surface area (Å²) in [7, 11) is 4.12. The molecule has 0 saturated carbocycles. The number of aryl methyl sites for hydroxylation is 2. The number of thioether (sulfide) groups is 1. The van der Waals surface area contributed by atoms with E-state index in [-0.39, 0.29) is 0 Å². The molecule has 0 aliphatic heterocycles. The van der Waals surface area contributed by atoms with Gasteiger partial charge in [-0.25, -0.2) is 0 Å². The van der Waals surface area contributed by atoms with Crippen LogP contribution >= 0.6 is 11.8 Å². The van der Waals surface area contributed by atoms with Gasteiger partial charge in [0, 0.05) is 32.0 Å². The van der Waals surface area contributed by atoms with Gasteiger partial charge in [0.05, 0.1) is 5.69 Å². The highest BCUT2D eigenvalue weighted by Gasteiger charge is 2.15. The van der Waals surface area contributed by atoms with Crippen LogP contribution in [0.3, 0.4) is 0 Å². The van der Waals surface area contributed by atoms with Gasteiger partial charge >= 0.3 is 0 Å². The van der Waals surface area contributed by atoms with Gasteiger partial charge in [-0.3, -0.25) is 4.68 Å². The first kappa shape index (κ1) is 13.4. The van der Waals surface area contributed by atoms with Gasteiger partial charge in [0.2, 0.25) is 0 Å². The fourth-order valence-corrected chi connectivity index (χ4v) is 2.39. The number of hydrogen-bond acceptors (Lipinski definition) is 4. The molecule has 0 fully saturated rings. The van der Waals surface area contributed by atoms with Crippen LogP contribution in [0, 0.1) is 6.92 Å². The lowest BCUT2D eigenvalue weighted by Crippen LogP contribution is -2.24. The normalized spacial score (nSPS) is 10.8. The van der Waals surface area contributed by atoms with Gasteiger partial charge in [0.25, 0.3) is 0 Å². The lowest BCUT2D eigenvalue weighted by atomic mass is 10.1. The molecule has 1 rings (SSSR count). The van der Waals surface area contributed by atoms with Crippen molar-refractivity contribution in [2.45, 2.75) is 13.3 Å². The van der Waals surface area contributed by atoms with Gasteiger partial charge in [-0.15, -0.1) is 0 Å². The van der Waals surface area contributed by atoms with Crippen molar-refractivity contribution < 1.29 is 0 Å². The molecular formula is C11H22N4S. The van der Waals surface area contributed by atoms with Crippen molar-refractivity contribution in [2.24, 2.45) is 12.8 Å². The Kier molecular flexibility index (Phi) is 5.15. The average Bonchev–Trinajstić information content (AvgIpc) is 2.51. The Morgan fingerprint density at radius 3 is 2.75 bits per heavy atom. The molecule has 0 aromatic carbocycles. The van der Waals surface area contributed by atoms with Crippen molar-refractivity contribution in [3.05, 3.63) is 11.3 Å². The molecule has 2 N–H and O–H groups in total. The fraction of sp³-hybridized carbons (Fsp3) is 0.727. The molecule has 0 unspecified atom stereocenters. The first-order valence-corrected chi connectivity index (χ1v) is 6.93. The molecule has 1 aromatic heterocycles. The number of aromatic nitrogens is 2. The molecule has 0 spiro atoms. The topological polar surface area (TPSA) is 47.1 Å². The maximum Gasteiger partial charge on any atom is 0.129 e. The van der Waals surface area contributed by atoms with Crippen molar-refractivity contribution in [1.29, 1.82) is 0 Å². The number of rotatable bonds is 6. The van der Waals surface area contributed by atoms with Gasteiger partial charge in [-0.1, -0.05) is 0 Å². The molecule has 1 heterocycles. The molecular weight excluding hydrogens is 220 g/mol. The largest absolute Gasteiger partial charge is 0.359 e. The second-order valence-electron chi connectivity index (χ2n) is 3.96. The molecule has 0 aliphatic carbocycles. The van der Waals surface area contributed by atoms with E-state index in [9.17, 15) is 0 Å². The van der Waals surface area contributed by atoms with Crippen LogP contribution in [-0.4, -0.2) is 41.9 Å². The Morgan fingerprint density at radius 1 is 1.50 bits per heavy atom. The summed E-state index contributed by atoms with van der Waals surface area (Å²) in [4.78, 5) is 2.27. The third-order valence-corrected chi connectivity index (χ3v) is 3.29. The minimum absolute atomic E-state index is 0.676. The zero-order valence-electron chi connectivity index (χ0n) is 10.7. The minimum Gasteiger partial charge on any atom is -0.359 e. The van der Waals surface area contributed by atoms with Crippen LogP contribution in [0.5, 0.6) is 0 Å². The molecule has 0 saturated heterocycles. The summed E-state index contributed by atoms with van der Waals surface area (Å²) in [5.41, 5.74) is 8.03. The molecule has 4 nitrogen and oxygen atoms in total. The fourth-order valence-electron chi connectivity index (χ4n) is 1.94. The molecule has 1 aromatic rings. The average molecular weight is 242 g/mol.